The number of halogens is 4. The van der Waals surface area contributed by atoms with E-state index in [1.807, 2.05) is 0 Å². The van der Waals surface area contributed by atoms with Gasteiger partial charge in [0.1, 0.15) is 5.75 Å². The third-order valence-electron chi connectivity index (χ3n) is 3.85. The van der Waals surface area contributed by atoms with Crippen molar-refractivity contribution in [2.75, 3.05) is 6.26 Å². The first-order chi connectivity index (χ1) is 14.9. The first-order valence-corrected chi connectivity index (χ1v) is 11.2. The predicted octanol–water partition coefficient (Wildman–Crippen LogP) is 2.60. The lowest BCUT2D eigenvalue weighted by molar-refractivity contribution is 0.141. The highest BCUT2D eigenvalue weighted by atomic mass is 35.5. The molecule has 0 atom stereocenters. The topological polar surface area (TPSA) is 144 Å². The Bertz CT molecular complexity index is 1400. The number of hydrogen-bond acceptors (Lipinski definition) is 8. The van der Waals surface area contributed by atoms with E-state index in [4.69, 9.17) is 27.9 Å². The van der Waals surface area contributed by atoms with E-state index >= 15 is 0 Å². The lowest BCUT2D eigenvalue weighted by atomic mass is 10.2. The minimum atomic E-state index is -3.47. The minimum absolute atomic E-state index is 0.0184. The quantitative estimate of drug-likeness (QED) is 0.516. The SMILES string of the molecule is CS(=O)(=O)Cc1cc(Oc2c(Cl)cc(-n3nc(C(F)F)c(=O)[nH]c3=O)cc2Cl)ncc1O. The van der Waals surface area contributed by atoms with Crippen LogP contribution < -0.4 is 16.0 Å². The molecule has 0 spiro atoms. The molecule has 0 saturated heterocycles. The first-order valence-electron chi connectivity index (χ1n) is 8.40. The highest BCUT2D eigenvalue weighted by Gasteiger charge is 2.20. The van der Waals surface area contributed by atoms with Crippen molar-refractivity contribution in [2.45, 2.75) is 12.2 Å². The van der Waals surface area contributed by atoms with Gasteiger partial charge in [0, 0.05) is 17.9 Å². The molecule has 0 fully saturated rings. The summed E-state index contributed by atoms with van der Waals surface area (Å²) < 4.78 is 54.9. The molecule has 170 valence electrons. The number of rotatable bonds is 6. The van der Waals surface area contributed by atoms with Gasteiger partial charge in [-0.05, 0) is 12.1 Å². The van der Waals surface area contributed by atoms with Crippen LogP contribution in [0.5, 0.6) is 17.4 Å². The van der Waals surface area contributed by atoms with Crippen LogP contribution in [-0.2, 0) is 15.6 Å². The lowest BCUT2D eigenvalue weighted by Gasteiger charge is -2.13. The van der Waals surface area contributed by atoms with Crippen molar-refractivity contribution in [3.8, 4) is 23.1 Å². The standard InChI is InChI=1S/C17H12Cl2F2N4O6S/c1-32(29,30)6-7-2-12(22-5-11(7)26)31-14-9(18)3-8(4-10(14)19)25-17(28)23-16(27)13(24-25)15(20)21/h2-5,15,26H,6H2,1H3,(H,23,27,28). The molecule has 10 nitrogen and oxygen atoms in total. The fraction of sp³-hybridized carbons (Fsp3) is 0.176. The second-order valence-electron chi connectivity index (χ2n) is 6.42. The predicted molar refractivity (Wildman–Crippen MR) is 110 cm³/mol. The van der Waals surface area contributed by atoms with Gasteiger partial charge >= 0.3 is 5.69 Å². The molecule has 0 aliphatic carbocycles. The number of benzene rings is 1. The van der Waals surface area contributed by atoms with Gasteiger partial charge in [-0.3, -0.25) is 9.78 Å². The normalized spacial score (nSPS) is 11.7. The molecule has 0 saturated carbocycles. The van der Waals surface area contributed by atoms with E-state index in [1.165, 1.54) is 6.07 Å². The molecule has 2 aromatic heterocycles. The molecule has 0 amide bonds. The van der Waals surface area contributed by atoms with Crippen LogP contribution >= 0.6 is 23.2 Å². The van der Waals surface area contributed by atoms with E-state index in [0.29, 0.717) is 4.68 Å². The zero-order chi connectivity index (χ0) is 23.8. The van der Waals surface area contributed by atoms with Gasteiger partial charge in [-0.1, -0.05) is 23.2 Å². The second kappa shape index (κ2) is 8.84. The Balaban J connectivity index is 2.01. The summed E-state index contributed by atoms with van der Waals surface area (Å²) in [6.07, 6.45) is -1.28. The summed E-state index contributed by atoms with van der Waals surface area (Å²) >= 11 is 12.3. The van der Waals surface area contributed by atoms with Gasteiger partial charge in [0.25, 0.3) is 12.0 Å². The molecule has 0 aliphatic rings. The van der Waals surface area contributed by atoms with E-state index in [0.717, 1.165) is 24.6 Å². The Morgan fingerprint density at radius 2 is 1.84 bits per heavy atom. The van der Waals surface area contributed by atoms with Crippen molar-refractivity contribution in [3.05, 3.63) is 66.5 Å². The number of alkyl halides is 2. The number of aromatic nitrogens is 4. The Kier molecular flexibility index (Phi) is 6.53. The number of nitrogens with one attached hydrogen (secondary N) is 1. The van der Waals surface area contributed by atoms with Gasteiger partial charge in [-0.25, -0.2) is 27.0 Å². The lowest BCUT2D eigenvalue weighted by Crippen LogP contribution is -2.34. The second-order valence-corrected chi connectivity index (χ2v) is 9.37. The first kappa shape index (κ1) is 23.6. The number of ether oxygens (including phenoxy) is 1. The van der Waals surface area contributed by atoms with E-state index in [2.05, 4.69) is 10.1 Å². The molecular weight excluding hydrogens is 497 g/mol. The summed E-state index contributed by atoms with van der Waals surface area (Å²) in [7, 11) is -3.47. The number of hydrogen-bond donors (Lipinski definition) is 2. The molecule has 1 aromatic carbocycles. The number of H-pyrrole nitrogens is 1. The largest absolute Gasteiger partial charge is 0.506 e. The average molecular weight is 509 g/mol. The summed E-state index contributed by atoms with van der Waals surface area (Å²) in [5.74, 6) is -1.16. The van der Waals surface area contributed by atoms with Crippen LogP contribution in [0, 0.1) is 0 Å². The Labute approximate surface area is 187 Å². The molecule has 0 unspecified atom stereocenters. The van der Waals surface area contributed by atoms with Crippen molar-refractivity contribution in [1.82, 2.24) is 19.7 Å². The summed E-state index contributed by atoms with van der Waals surface area (Å²) in [6.45, 7) is 0. The van der Waals surface area contributed by atoms with E-state index in [9.17, 15) is 31.9 Å². The van der Waals surface area contributed by atoms with Crippen LogP contribution in [0.3, 0.4) is 0 Å². The van der Waals surface area contributed by atoms with Gasteiger partial charge in [0.2, 0.25) is 5.88 Å². The van der Waals surface area contributed by atoms with Crippen LogP contribution in [0.2, 0.25) is 10.0 Å². The number of aromatic amines is 1. The summed E-state index contributed by atoms with van der Waals surface area (Å²) in [5, 5.41) is 12.8. The summed E-state index contributed by atoms with van der Waals surface area (Å²) in [6, 6.07) is 3.39. The maximum absolute atomic E-state index is 13.0. The minimum Gasteiger partial charge on any atom is -0.506 e. The molecule has 15 heteroatoms. The van der Waals surface area contributed by atoms with Crippen molar-refractivity contribution < 1.29 is 27.0 Å². The fourth-order valence-electron chi connectivity index (χ4n) is 2.52. The maximum Gasteiger partial charge on any atom is 0.349 e. The fourth-order valence-corrected chi connectivity index (χ4v) is 3.87. The zero-order valence-corrected chi connectivity index (χ0v) is 18.2. The highest BCUT2D eigenvalue weighted by Crippen LogP contribution is 2.38. The third kappa shape index (κ3) is 5.23. The summed E-state index contributed by atoms with van der Waals surface area (Å²) in [5.41, 5.74) is -3.74. The van der Waals surface area contributed by atoms with Crippen LogP contribution in [0.1, 0.15) is 17.7 Å². The smallest absolute Gasteiger partial charge is 0.349 e. The zero-order valence-electron chi connectivity index (χ0n) is 15.8. The molecule has 3 rings (SSSR count). The number of sulfone groups is 1. The molecular formula is C17H12Cl2F2N4O6S. The van der Waals surface area contributed by atoms with E-state index < -0.39 is 39.0 Å². The highest BCUT2D eigenvalue weighted by molar-refractivity contribution is 7.89. The Hall–Kier alpha value is -3.03. The van der Waals surface area contributed by atoms with Crippen LogP contribution in [0.25, 0.3) is 5.69 Å². The van der Waals surface area contributed by atoms with Crippen molar-refractivity contribution in [1.29, 1.82) is 0 Å². The van der Waals surface area contributed by atoms with Crippen LogP contribution in [-0.4, -0.2) is 39.5 Å². The Morgan fingerprint density at radius 3 is 2.41 bits per heavy atom. The van der Waals surface area contributed by atoms with Crippen molar-refractivity contribution in [3.63, 3.8) is 0 Å². The molecule has 2 heterocycles. The summed E-state index contributed by atoms with van der Waals surface area (Å²) in [4.78, 5) is 29.0. The van der Waals surface area contributed by atoms with Gasteiger partial charge < -0.3 is 9.84 Å². The van der Waals surface area contributed by atoms with E-state index in [-0.39, 0.29) is 38.7 Å². The maximum atomic E-state index is 13.0. The molecule has 2 N–H and O–H groups in total. The third-order valence-corrected chi connectivity index (χ3v) is 5.25. The number of aromatic hydroxyl groups is 1. The molecule has 0 aliphatic heterocycles. The number of nitrogens with zero attached hydrogens (tertiary/aromatic N) is 3. The van der Waals surface area contributed by atoms with Gasteiger partial charge in [0.15, 0.2) is 21.3 Å². The molecule has 32 heavy (non-hydrogen) atoms. The van der Waals surface area contributed by atoms with Crippen LogP contribution in [0.15, 0.2) is 34.0 Å². The number of pyridine rings is 1. The van der Waals surface area contributed by atoms with Gasteiger partial charge in [-0.15, -0.1) is 0 Å². The molecule has 0 bridgehead atoms. The van der Waals surface area contributed by atoms with Crippen LogP contribution in [0.4, 0.5) is 8.78 Å². The van der Waals surface area contributed by atoms with Crippen molar-refractivity contribution in [2.24, 2.45) is 0 Å². The van der Waals surface area contributed by atoms with E-state index in [1.54, 1.807) is 4.98 Å². The Morgan fingerprint density at radius 1 is 1.22 bits per heavy atom. The van der Waals surface area contributed by atoms with Gasteiger partial charge in [-0.2, -0.15) is 9.78 Å². The monoisotopic (exact) mass is 508 g/mol. The molecule has 0 radical (unpaired) electrons. The van der Waals surface area contributed by atoms with Crippen molar-refractivity contribution >= 4 is 33.0 Å². The average Bonchev–Trinajstić information content (AvgIpc) is 2.65. The molecule has 3 aromatic rings. The van der Waals surface area contributed by atoms with Gasteiger partial charge in [0.05, 0.1) is 27.7 Å².